The van der Waals surface area contributed by atoms with Crippen LogP contribution in [0.15, 0.2) is 37.1 Å². The van der Waals surface area contributed by atoms with Crippen LogP contribution in [0.1, 0.15) is 12.8 Å². The first-order valence-electron chi connectivity index (χ1n) is 4.72. The van der Waals surface area contributed by atoms with Gasteiger partial charge in [-0.15, -0.1) is 6.58 Å². The van der Waals surface area contributed by atoms with Crippen molar-refractivity contribution in [1.82, 2.24) is 4.98 Å². The summed E-state index contributed by atoms with van der Waals surface area (Å²) < 4.78 is 0. The first-order chi connectivity index (χ1) is 6.42. The number of anilines is 1. The van der Waals surface area contributed by atoms with Crippen molar-refractivity contribution in [2.45, 2.75) is 18.9 Å². The second-order valence-electron chi connectivity index (χ2n) is 3.33. The van der Waals surface area contributed by atoms with E-state index in [1.165, 1.54) is 12.8 Å². The van der Waals surface area contributed by atoms with Gasteiger partial charge in [0.15, 0.2) is 0 Å². The van der Waals surface area contributed by atoms with Crippen LogP contribution < -0.4 is 4.90 Å². The van der Waals surface area contributed by atoms with Gasteiger partial charge in [0.2, 0.25) is 0 Å². The molecule has 1 aromatic rings. The molecule has 13 heavy (non-hydrogen) atoms. The van der Waals surface area contributed by atoms with Crippen LogP contribution >= 0.6 is 0 Å². The molecule has 1 unspecified atom stereocenters. The van der Waals surface area contributed by atoms with Crippen molar-refractivity contribution in [2.75, 3.05) is 11.4 Å². The average molecular weight is 174 g/mol. The molecule has 2 heteroatoms. The lowest BCUT2D eigenvalue weighted by Gasteiger charge is -2.22. The molecule has 0 aliphatic carbocycles. The van der Waals surface area contributed by atoms with E-state index < -0.39 is 0 Å². The minimum Gasteiger partial charge on any atom is -0.350 e. The highest BCUT2D eigenvalue weighted by Gasteiger charge is 2.22. The second-order valence-corrected chi connectivity index (χ2v) is 3.33. The smallest absolute Gasteiger partial charge is 0.128 e. The van der Waals surface area contributed by atoms with Gasteiger partial charge >= 0.3 is 0 Å². The van der Waals surface area contributed by atoms with Gasteiger partial charge in [-0.2, -0.15) is 0 Å². The molecule has 0 N–H and O–H groups in total. The Hall–Kier alpha value is -1.31. The number of rotatable bonds is 2. The summed E-state index contributed by atoms with van der Waals surface area (Å²) in [5, 5.41) is 0. The lowest BCUT2D eigenvalue weighted by molar-refractivity contribution is 0.797. The number of nitrogens with zero attached hydrogens (tertiary/aromatic N) is 2. The van der Waals surface area contributed by atoms with Crippen LogP contribution in [0.4, 0.5) is 5.82 Å². The molecule has 0 saturated carbocycles. The highest BCUT2D eigenvalue weighted by atomic mass is 15.2. The molecule has 68 valence electrons. The minimum atomic E-state index is 0.481. The molecule has 1 fully saturated rings. The van der Waals surface area contributed by atoms with Crippen LogP contribution in [-0.4, -0.2) is 17.6 Å². The van der Waals surface area contributed by atoms with Gasteiger partial charge in [0.25, 0.3) is 0 Å². The summed E-state index contributed by atoms with van der Waals surface area (Å²) in [7, 11) is 0. The van der Waals surface area contributed by atoms with Gasteiger partial charge in [0, 0.05) is 18.8 Å². The van der Waals surface area contributed by atoms with Gasteiger partial charge in [-0.25, -0.2) is 4.98 Å². The summed E-state index contributed by atoms with van der Waals surface area (Å²) in [4.78, 5) is 6.65. The molecular formula is C11H14N2. The van der Waals surface area contributed by atoms with Crippen molar-refractivity contribution < 1.29 is 0 Å². The van der Waals surface area contributed by atoms with E-state index in [1.807, 2.05) is 24.4 Å². The van der Waals surface area contributed by atoms with Crippen LogP contribution in [0.25, 0.3) is 0 Å². The first kappa shape index (κ1) is 8.30. The van der Waals surface area contributed by atoms with Crippen LogP contribution in [0.5, 0.6) is 0 Å². The van der Waals surface area contributed by atoms with Crippen molar-refractivity contribution in [3.05, 3.63) is 37.1 Å². The van der Waals surface area contributed by atoms with Crippen molar-refractivity contribution >= 4 is 5.82 Å². The zero-order chi connectivity index (χ0) is 9.10. The average Bonchev–Trinajstić information content (AvgIpc) is 2.67. The highest BCUT2D eigenvalue weighted by molar-refractivity contribution is 5.41. The van der Waals surface area contributed by atoms with E-state index in [0.717, 1.165) is 12.4 Å². The topological polar surface area (TPSA) is 16.1 Å². The van der Waals surface area contributed by atoms with Crippen LogP contribution in [0.3, 0.4) is 0 Å². The van der Waals surface area contributed by atoms with E-state index in [9.17, 15) is 0 Å². The number of aromatic nitrogens is 1. The van der Waals surface area contributed by atoms with Gasteiger partial charge < -0.3 is 4.90 Å². The van der Waals surface area contributed by atoms with Crippen molar-refractivity contribution in [3.8, 4) is 0 Å². The normalized spacial score (nSPS) is 21.8. The van der Waals surface area contributed by atoms with Crippen LogP contribution in [0, 0.1) is 0 Å². The Balaban J connectivity index is 2.21. The third-order valence-corrected chi connectivity index (χ3v) is 2.51. The van der Waals surface area contributed by atoms with Gasteiger partial charge in [0.1, 0.15) is 5.82 Å². The Morgan fingerprint density at radius 3 is 3.15 bits per heavy atom. The Kier molecular flexibility index (Phi) is 2.30. The Labute approximate surface area is 78.9 Å². The maximum absolute atomic E-state index is 4.34. The summed E-state index contributed by atoms with van der Waals surface area (Å²) >= 11 is 0. The zero-order valence-electron chi connectivity index (χ0n) is 7.69. The molecule has 0 bridgehead atoms. The predicted molar refractivity (Wildman–Crippen MR) is 54.8 cm³/mol. The third-order valence-electron chi connectivity index (χ3n) is 2.51. The summed E-state index contributed by atoms with van der Waals surface area (Å²) in [6.45, 7) is 4.95. The van der Waals surface area contributed by atoms with Crippen LogP contribution in [0.2, 0.25) is 0 Å². The second kappa shape index (κ2) is 3.60. The molecule has 2 heterocycles. The molecule has 0 aromatic carbocycles. The van der Waals surface area contributed by atoms with E-state index >= 15 is 0 Å². The summed E-state index contributed by atoms with van der Waals surface area (Å²) in [5.74, 6) is 1.07. The maximum Gasteiger partial charge on any atom is 0.128 e. The summed E-state index contributed by atoms with van der Waals surface area (Å²) in [6, 6.07) is 6.51. The van der Waals surface area contributed by atoms with Crippen molar-refractivity contribution in [3.63, 3.8) is 0 Å². The zero-order valence-corrected chi connectivity index (χ0v) is 7.69. The quantitative estimate of drug-likeness (QED) is 0.639. The standard InChI is InChI=1S/C11H14N2/c1-2-10-6-5-9-13(10)11-7-3-4-8-12-11/h2-4,7-8,10H,1,5-6,9H2. The number of pyridine rings is 1. The Morgan fingerprint density at radius 1 is 1.54 bits per heavy atom. The van der Waals surface area contributed by atoms with E-state index in [2.05, 4.69) is 22.5 Å². The molecule has 1 aliphatic heterocycles. The Morgan fingerprint density at radius 2 is 2.46 bits per heavy atom. The summed E-state index contributed by atoms with van der Waals surface area (Å²) in [6.07, 6.45) is 6.31. The fourth-order valence-corrected chi connectivity index (χ4v) is 1.85. The van der Waals surface area contributed by atoms with Crippen molar-refractivity contribution in [1.29, 1.82) is 0 Å². The molecular weight excluding hydrogens is 160 g/mol. The molecule has 0 amide bonds. The molecule has 1 saturated heterocycles. The van der Waals surface area contributed by atoms with E-state index in [-0.39, 0.29) is 0 Å². The largest absolute Gasteiger partial charge is 0.350 e. The maximum atomic E-state index is 4.34. The molecule has 0 spiro atoms. The Bertz CT molecular complexity index is 281. The number of hydrogen-bond acceptors (Lipinski definition) is 2. The lowest BCUT2D eigenvalue weighted by Crippen LogP contribution is -2.27. The first-order valence-corrected chi connectivity index (χ1v) is 4.72. The van der Waals surface area contributed by atoms with Crippen molar-refractivity contribution in [2.24, 2.45) is 0 Å². The van der Waals surface area contributed by atoms with Crippen LogP contribution in [-0.2, 0) is 0 Å². The fourth-order valence-electron chi connectivity index (χ4n) is 1.85. The summed E-state index contributed by atoms with van der Waals surface area (Å²) in [5.41, 5.74) is 0. The highest BCUT2D eigenvalue weighted by Crippen LogP contribution is 2.23. The van der Waals surface area contributed by atoms with E-state index in [0.29, 0.717) is 6.04 Å². The number of hydrogen-bond donors (Lipinski definition) is 0. The SMILES string of the molecule is C=CC1CCCN1c1ccccn1. The van der Waals surface area contributed by atoms with E-state index in [1.54, 1.807) is 0 Å². The molecule has 2 nitrogen and oxygen atoms in total. The molecule has 1 atom stereocenters. The monoisotopic (exact) mass is 174 g/mol. The molecule has 1 aromatic heterocycles. The fraction of sp³-hybridized carbons (Fsp3) is 0.364. The molecule has 1 aliphatic rings. The minimum absolute atomic E-state index is 0.481. The molecule has 0 radical (unpaired) electrons. The van der Waals surface area contributed by atoms with Gasteiger partial charge in [0.05, 0.1) is 0 Å². The van der Waals surface area contributed by atoms with E-state index in [4.69, 9.17) is 0 Å². The lowest BCUT2D eigenvalue weighted by atomic mass is 10.2. The van der Waals surface area contributed by atoms with Gasteiger partial charge in [-0.1, -0.05) is 12.1 Å². The molecule has 2 rings (SSSR count). The third kappa shape index (κ3) is 1.57. The van der Waals surface area contributed by atoms with Gasteiger partial charge in [-0.05, 0) is 25.0 Å². The predicted octanol–water partition coefficient (Wildman–Crippen LogP) is 2.24. The van der Waals surface area contributed by atoms with Gasteiger partial charge in [-0.3, -0.25) is 0 Å².